The molecule has 1 aliphatic rings. The first-order chi connectivity index (χ1) is 9.41. The first kappa shape index (κ1) is 15.3. The Morgan fingerprint density at radius 3 is 2.50 bits per heavy atom. The smallest absolute Gasteiger partial charge is 0.246 e. The summed E-state index contributed by atoms with van der Waals surface area (Å²) >= 11 is 0. The average Bonchev–Trinajstić information content (AvgIpc) is 2.41. The van der Waals surface area contributed by atoms with Crippen molar-refractivity contribution in [3.05, 3.63) is 24.3 Å². The second-order valence-electron chi connectivity index (χ2n) is 5.50. The third-order valence-corrected chi connectivity index (χ3v) is 5.78. The first-order valence-corrected chi connectivity index (χ1v) is 8.28. The zero-order valence-electron chi connectivity index (χ0n) is 12.0. The van der Waals surface area contributed by atoms with Gasteiger partial charge in [-0.25, -0.2) is 12.7 Å². The second kappa shape index (κ2) is 6.11. The zero-order chi connectivity index (χ0) is 14.8. The Labute approximate surface area is 120 Å². The Morgan fingerprint density at radius 1 is 1.30 bits per heavy atom. The molecule has 0 aromatic heterocycles. The van der Waals surface area contributed by atoms with E-state index >= 15 is 0 Å². The van der Waals surface area contributed by atoms with Crippen LogP contribution in [0.15, 0.2) is 29.2 Å². The van der Waals surface area contributed by atoms with E-state index < -0.39 is 10.0 Å². The van der Waals surface area contributed by atoms with Gasteiger partial charge < -0.3 is 10.0 Å². The van der Waals surface area contributed by atoms with Gasteiger partial charge in [0.2, 0.25) is 10.0 Å². The number of aromatic hydroxyl groups is 1. The molecule has 2 rings (SSSR count). The number of hydrogen-bond donors (Lipinski definition) is 1. The molecule has 112 valence electrons. The molecule has 5 nitrogen and oxygen atoms in total. The largest absolute Gasteiger partial charge is 0.507 e. The number of likely N-dealkylation sites (tertiary alicyclic amines) is 1. The lowest BCUT2D eigenvalue weighted by Crippen LogP contribution is -2.37. The van der Waals surface area contributed by atoms with Crippen molar-refractivity contribution in [1.82, 2.24) is 9.21 Å². The van der Waals surface area contributed by atoms with Gasteiger partial charge in [-0.15, -0.1) is 0 Å². The van der Waals surface area contributed by atoms with Crippen LogP contribution in [0.2, 0.25) is 0 Å². The maximum absolute atomic E-state index is 12.4. The van der Waals surface area contributed by atoms with Gasteiger partial charge in [-0.1, -0.05) is 12.1 Å². The lowest BCUT2D eigenvalue weighted by Gasteiger charge is -2.31. The molecule has 0 aliphatic carbocycles. The maximum atomic E-state index is 12.4. The molecular formula is C14H22N2O3S. The number of piperidine rings is 1. The number of nitrogens with zero attached hydrogens (tertiary/aromatic N) is 2. The standard InChI is InChI=1S/C14H22N2O3S/c1-15-9-7-12(8-10-15)11-16(2)20(18,19)14-6-4-3-5-13(14)17/h3-6,12,17H,7-11H2,1-2H3. The van der Waals surface area contributed by atoms with Crippen LogP contribution in [-0.2, 0) is 10.0 Å². The minimum atomic E-state index is -3.61. The van der Waals surface area contributed by atoms with E-state index in [0.29, 0.717) is 12.5 Å². The summed E-state index contributed by atoms with van der Waals surface area (Å²) in [5.41, 5.74) is 0. The highest BCUT2D eigenvalue weighted by atomic mass is 32.2. The fourth-order valence-electron chi connectivity index (χ4n) is 2.55. The van der Waals surface area contributed by atoms with Crippen molar-refractivity contribution in [3.63, 3.8) is 0 Å². The summed E-state index contributed by atoms with van der Waals surface area (Å²) in [5.74, 6) is 0.194. The molecule has 1 aromatic carbocycles. The number of phenolic OH excluding ortho intramolecular Hbond substituents is 1. The average molecular weight is 298 g/mol. The topological polar surface area (TPSA) is 60.9 Å². The Kier molecular flexibility index (Phi) is 4.67. The van der Waals surface area contributed by atoms with E-state index in [0.717, 1.165) is 25.9 Å². The van der Waals surface area contributed by atoms with Crippen molar-refractivity contribution >= 4 is 10.0 Å². The zero-order valence-corrected chi connectivity index (χ0v) is 12.8. The second-order valence-corrected chi connectivity index (χ2v) is 7.51. The molecule has 0 bridgehead atoms. The van der Waals surface area contributed by atoms with Crippen LogP contribution in [0.1, 0.15) is 12.8 Å². The molecule has 1 fully saturated rings. The van der Waals surface area contributed by atoms with Crippen molar-refractivity contribution in [2.75, 3.05) is 33.7 Å². The van der Waals surface area contributed by atoms with Gasteiger partial charge in [-0.2, -0.15) is 0 Å². The number of hydrogen-bond acceptors (Lipinski definition) is 4. The molecule has 0 unspecified atom stereocenters. The fourth-order valence-corrected chi connectivity index (χ4v) is 3.88. The summed E-state index contributed by atoms with van der Waals surface area (Å²) < 4.78 is 26.3. The lowest BCUT2D eigenvalue weighted by molar-refractivity contribution is 0.202. The molecule has 1 aliphatic heterocycles. The highest BCUT2D eigenvalue weighted by molar-refractivity contribution is 7.89. The molecule has 1 saturated heterocycles. The van der Waals surface area contributed by atoms with Crippen LogP contribution in [0, 0.1) is 5.92 Å². The van der Waals surface area contributed by atoms with Crippen LogP contribution in [0.4, 0.5) is 0 Å². The van der Waals surface area contributed by atoms with Crippen LogP contribution in [0.5, 0.6) is 5.75 Å². The number of rotatable bonds is 4. The van der Waals surface area contributed by atoms with Crippen LogP contribution in [-0.4, -0.2) is 56.5 Å². The van der Waals surface area contributed by atoms with Crippen LogP contribution < -0.4 is 0 Å². The van der Waals surface area contributed by atoms with E-state index in [1.54, 1.807) is 19.2 Å². The Bertz CT molecular complexity index is 551. The van der Waals surface area contributed by atoms with Gasteiger partial charge in [0.15, 0.2) is 0 Å². The summed E-state index contributed by atoms with van der Waals surface area (Å²) in [4.78, 5) is 2.24. The van der Waals surface area contributed by atoms with E-state index in [9.17, 15) is 13.5 Å². The SMILES string of the molecule is CN1CCC(CN(C)S(=O)(=O)c2ccccc2O)CC1. The molecule has 0 atom stereocenters. The van der Waals surface area contributed by atoms with Gasteiger partial charge in [-0.05, 0) is 51.0 Å². The van der Waals surface area contributed by atoms with Crippen molar-refractivity contribution in [1.29, 1.82) is 0 Å². The number of sulfonamides is 1. The van der Waals surface area contributed by atoms with E-state index in [-0.39, 0.29) is 10.6 Å². The Balaban J connectivity index is 2.08. The summed E-state index contributed by atoms with van der Waals surface area (Å²) in [6.45, 7) is 2.52. The molecule has 1 aromatic rings. The first-order valence-electron chi connectivity index (χ1n) is 6.84. The molecule has 0 spiro atoms. The minimum Gasteiger partial charge on any atom is -0.507 e. The van der Waals surface area contributed by atoms with E-state index in [4.69, 9.17) is 0 Å². The van der Waals surface area contributed by atoms with Gasteiger partial charge in [0.05, 0.1) is 0 Å². The molecule has 0 radical (unpaired) electrons. The molecule has 6 heteroatoms. The van der Waals surface area contributed by atoms with Crippen molar-refractivity contribution < 1.29 is 13.5 Å². The predicted octanol–water partition coefficient (Wildman–Crippen LogP) is 1.35. The third kappa shape index (κ3) is 3.31. The highest BCUT2D eigenvalue weighted by Gasteiger charge is 2.27. The predicted molar refractivity (Wildman–Crippen MR) is 78.1 cm³/mol. The van der Waals surface area contributed by atoms with E-state index in [1.165, 1.54) is 16.4 Å². The van der Waals surface area contributed by atoms with Crippen LogP contribution in [0.25, 0.3) is 0 Å². The number of phenols is 1. The van der Waals surface area contributed by atoms with Crippen LogP contribution >= 0.6 is 0 Å². The monoisotopic (exact) mass is 298 g/mol. The van der Waals surface area contributed by atoms with E-state index in [1.807, 2.05) is 0 Å². The number of benzene rings is 1. The molecule has 1 heterocycles. The fraction of sp³-hybridized carbons (Fsp3) is 0.571. The normalized spacial score (nSPS) is 18.6. The molecular weight excluding hydrogens is 276 g/mol. The van der Waals surface area contributed by atoms with Gasteiger partial charge >= 0.3 is 0 Å². The minimum absolute atomic E-state index is 0.0181. The summed E-state index contributed by atoms with van der Waals surface area (Å²) in [5, 5.41) is 9.72. The highest BCUT2D eigenvalue weighted by Crippen LogP contribution is 2.26. The quantitative estimate of drug-likeness (QED) is 0.911. The summed E-state index contributed by atoms with van der Waals surface area (Å²) in [6.07, 6.45) is 2.02. The molecule has 0 amide bonds. The van der Waals surface area contributed by atoms with Crippen molar-refractivity contribution in [3.8, 4) is 5.75 Å². The van der Waals surface area contributed by atoms with Gasteiger partial charge in [0, 0.05) is 13.6 Å². The van der Waals surface area contributed by atoms with Crippen molar-refractivity contribution in [2.45, 2.75) is 17.7 Å². The molecule has 20 heavy (non-hydrogen) atoms. The molecule has 0 saturated carbocycles. The van der Waals surface area contributed by atoms with Crippen LogP contribution in [0.3, 0.4) is 0 Å². The maximum Gasteiger partial charge on any atom is 0.246 e. The Morgan fingerprint density at radius 2 is 1.90 bits per heavy atom. The lowest BCUT2D eigenvalue weighted by atomic mass is 9.97. The van der Waals surface area contributed by atoms with E-state index in [2.05, 4.69) is 11.9 Å². The van der Waals surface area contributed by atoms with Crippen molar-refractivity contribution in [2.24, 2.45) is 5.92 Å². The summed E-state index contributed by atoms with van der Waals surface area (Å²) in [6, 6.07) is 6.08. The summed E-state index contributed by atoms with van der Waals surface area (Å²) in [7, 11) is 0.0526. The van der Waals surface area contributed by atoms with Gasteiger partial charge in [0.25, 0.3) is 0 Å². The third-order valence-electron chi connectivity index (χ3n) is 3.91. The molecule has 1 N–H and O–H groups in total. The van der Waals surface area contributed by atoms with Gasteiger partial charge in [0.1, 0.15) is 10.6 Å². The number of para-hydroxylation sites is 1. The van der Waals surface area contributed by atoms with Gasteiger partial charge in [-0.3, -0.25) is 0 Å². The Hall–Kier alpha value is -1.11.